The minimum Gasteiger partial charge on any atom is -0.471 e. The van der Waals surface area contributed by atoms with Gasteiger partial charge in [-0.1, -0.05) is 42.5 Å². The number of ether oxygens (including phenoxy) is 1. The van der Waals surface area contributed by atoms with E-state index >= 15 is 0 Å². The van der Waals surface area contributed by atoms with Crippen LogP contribution in [-0.4, -0.2) is 6.61 Å². The Balaban J connectivity index is 2.31. The summed E-state index contributed by atoms with van der Waals surface area (Å²) >= 11 is 0. The van der Waals surface area contributed by atoms with Crippen molar-refractivity contribution in [3.05, 3.63) is 64.8 Å². The van der Waals surface area contributed by atoms with Gasteiger partial charge in [0.25, 0.3) is 0 Å². The van der Waals surface area contributed by atoms with Crippen LogP contribution in [0.4, 0.5) is 0 Å². The number of para-hydroxylation sites is 1. The van der Waals surface area contributed by atoms with Crippen LogP contribution in [0.3, 0.4) is 0 Å². The van der Waals surface area contributed by atoms with Crippen molar-refractivity contribution < 1.29 is 9.15 Å². The lowest BCUT2D eigenvalue weighted by molar-refractivity contribution is 0.356. The molecule has 0 atom stereocenters. The average Bonchev–Trinajstić information content (AvgIpc) is 2.55. The smallest absolute Gasteiger partial charge is 0.235 e. The van der Waals surface area contributed by atoms with E-state index in [1.165, 1.54) is 0 Å². The average molecular weight is 277 g/mol. The van der Waals surface area contributed by atoms with Crippen LogP contribution in [0.5, 0.6) is 5.75 Å². The molecule has 2 aromatic carbocycles. The first-order chi connectivity index (χ1) is 10.3. The predicted molar refractivity (Wildman–Crippen MR) is 79.0 cm³/mol. The van der Waals surface area contributed by atoms with Crippen LogP contribution in [0.1, 0.15) is 0 Å². The molecule has 0 N–H and O–H groups in total. The number of fused-ring (bicyclic) bond motifs is 1. The molecule has 0 radical (unpaired) electrons. The topological polar surface area (TPSA) is 63.2 Å². The van der Waals surface area contributed by atoms with Crippen LogP contribution in [0.25, 0.3) is 22.3 Å². The zero-order chi connectivity index (χ0) is 14.7. The molecule has 0 saturated heterocycles. The standard InChI is InChI=1S/C17H11NO3/c18-10-11-20-17-15(19)13-8-4-5-9-14(13)21-16(17)12-6-2-1-3-7-12/h1-9H,11H2. The van der Waals surface area contributed by atoms with Gasteiger partial charge >= 0.3 is 0 Å². The summed E-state index contributed by atoms with van der Waals surface area (Å²) < 4.78 is 11.1. The van der Waals surface area contributed by atoms with Gasteiger partial charge in [-0.2, -0.15) is 5.26 Å². The molecule has 4 heteroatoms. The Morgan fingerprint density at radius 1 is 1.05 bits per heavy atom. The van der Waals surface area contributed by atoms with Crippen LogP contribution in [0, 0.1) is 11.3 Å². The molecule has 0 bridgehead atoms. The number of rotatable bonds is 3. The van der Waals surface area contributed by atoms with Crippen molar-refractivity contribution in [2.24, 2.45) is 0 Å². The van der Waals surface area contributed by atoms with Crippen LogP contribution in [0.2, 0.25) is 0 Å². The summed E-state index contributed by atoms with van der Waals surface area (Å²) in [4.78, 5) is 12.5. The molecule has 0 spiro atoms. The Morgan fingerprint density at radius 2 is 1.76 bits per heavy atom. The fraction of sp³-hybridized carbons (Fsp3) is 0.0588. The Bertz CT molecular complexity index is 876. The highest BCUT2D eigenvalue weighted by Gasteiger charge is 2.17. The second-order valence-corrected chi connectivity index (χ2v) is 4.40. The summed E-state index contributed by atoms with van der Waals surface area (Å²) in [5.41, 5.74) is 0.949. The fourth-order valence-corrected chi connectivity index (χ4v) is 2.14. The third-order valence-corrected chi connectivity index (χ3v) is 3.07. The van der Waals surface area contributed by atoms with Crippen LogP contribution in [-0.2, 0) is 0 Å². The Morgan fingerprint density at radius 3 is 2.52 bits per heavy atom. The van der Waals surface area contributed by atoms with E-state index in [1.54, 1.807) is 24.3 Å². The van der Waals surface area contributed by atoms with E-state index in [0.29, 0.717) is 16.7 Å². The third-order valence-electron chi connectivity index (χ3n) is 3.07. The summed E-state index contributed by atoms with van der Waals surface area (Å²) in [5, 5.41) is 9.12. The molecular weight excluding hydrogens is 266 g/mol. The van der Waals surface area contributed by atoms with Crippen molar-refractivity contribution in [1.29, 1.82) is 5.26 Å². The molecule has 0 aliphatic heterocycles. The van der Waals surface area contributed by atoms with Crippen molar-refractivity contribution in [2.75, 3.05) is 6.61 Å². The number of hydrogen-bond donors (Lipinski definition) is 0. The zero-order valence-corrected chi connectivity index (χ0v) is 11.1. The largest absolute Gasteiger partial charge is 0.471 e. The molecule has 0 fully saturated rings. The highest BCUT2D eigenvalue weighted by atomic mass is 16.5. The Kier molecular flexibility index (Phi) is 3.40. The van der Waals surface area contributed by atoms with Crippen LogP contribution < -0.4 is 10.2 Å². The lowest BCUT2D eigenvalue weighted by Gasteiger charge is -2.09. The first-order valence-electron chi connectivity index (χ1n) is 6.42. The number of benzene rings is 2. The summed E-state index contributed by atoms with van der Waals surface area (Å²) in [7, 11) is 0. The molecule has 0 unspecified atom stereocenters. The first kappa shape index (κ1) is 12.9. The SMILES string of the molecule is N#CCOc1c(-c2ccccc2)oc2ccccc2c1=O. The highest BCUT2D eigenvalue weighted by Crippen LogP contribution is 2.30. The van der Waals surface area contributed by atoms with Crippen molar-refractivity contribution in [3.63, 3.8) is 0 Å². The maximum Gasteiger partial charge on any atom is 0.235 e. The van der Waals surface area contributed by atoms with E-state index < -0.39 is 0 Å². The van der Waals surface area contributed by atoms with Gasteiger partial charge in [0.15, 0.2) is 12.4 Å². The van der Waals surface area contributed by atoms with Gasteiger partial charge in [-0.05, 0) is 12.1 Å². The maximum atomic E-state index is 12.5. The fourth-order valence-electron chi connectivity index (χ4n) is 2.14. The number of nitriles is 1. The van der Waals surface area contributed by atoms with Gasteiger partial charge < -0.3 is 9.15 Å². The van der Waals surface area contributed by atoms with Crippen molar-refractivity contribution in [2.45, 2.75) is 0 Å². The second-order valence-electron chi connectivity index (χ2n) is 4.40. The van der Waals surface area contributed by atoms with Gasteiger partial charge in [-0.3, -0.25) is 4.79 Å². The molecule has 0 saturated carbocycles. The molecule has 102 valence electrons. The lowest BCUT2D eigenvalue weighted by Crippen LogP contribution is -2.10. The monoisotopic (exact) mass is 277 g/mol. The third kappa shape index (κ3) is 2.37. The summed E-state index contributed by atoms with van der Waals surface area (Å²) in [5.74, 6) is 0.413. The Labute approximate surface area is 120 Å². The highest BCUT2D eigenvalue weighted by molar-refractivity contribution is 5.81. The quantitative estimate of drug-likeness (QED) is 0.736. The second kappa shape index (κ2) is 5.51. The lowest BCUT2D eigenvalue weighted by atomic mass is 10.1. The van der Waals surface area contributed by atoms with E-state index in [9.17, 15) is 4.79 Å². The van der Waals surface area contributed by atoms with E-state index in [1.807, 2.05) is 36.4 Å². The van der Waals surface area contributed by atoms with Crippen LogP contribution >= 0.6 is 0 Å². The molecule has 4 nitrogen and oxygen atoms in total. The normalized spacial score (nSPS) is 10.2. The molecule has 0 aliphatic carbocycles. The van der Waals surface area contributed by atoms with E-state index in [-0.39, 0.29) is 17.8 Å². The van der Waals surface area contributed by atoms with E-state index in [2.05, 4.69) is 0 Å². The molecule has 3 aromatic rings. The van der Waals surface area contributed by atoms with Gasteiger partial charge in [0.05, 0.1) is 5.39 Å². The van der Waals surface area contributed by atoms with Gasteiger partial charge in [0.1, 0.15) is 11.7 Å². The minimum atomic E-state index is -0.272. The predicted octanol–water partition coefficient (Wildman–Crippen LogP) is 3.36. The molecule has 1 aromatic heterocycles. The molecule has 0 aliphatic rings. The van der Waals surface area contributed by atoms with Crippen LogP contribution in [0.15, 0.2) is 63.8 Å². The summed E-state index contributed by atoms with van der Waals surface area (Å²) in [6.07, 6.45) is 0. The van der Waals surface area contributed by atoms with Gasteiger partial charge in [-0.25, -0.2) is 0 Å². The molecule has 3 rings (SSSR count). The van der Waals surface area contributed by atoms with Gasteiger partial charge in [0, 0.05) is 5.56 Å². The molecule has 0 amide bonds. The van der Waals surface area contributed by atoms with Crippen molar-refractivity contribution >= 4 is 11.0 Å². The molecular formula is C17H11NO3. The molecule has 1 heterocycles. The minimum absolute atomic E-state index is 0.0708. The number of hydrogen-bond acceptors (Lipinski definition) is 4. The van der Waals surface area contributed by atoms with E-state index in [0.717, 1.165) is 5.56 Å². The zero-order valence-electron chi connectivity index (χ0n) is 11.1. The summed E-state index contributed by atoms with van der Waals surface area (Å²) in [6, 6.07) is 18.1. The Hall–Kier alpha value is -3.06. The molecule has 21 heavy (non-hydrogen) atoms. The summed E-state index contributed by atoms with van der Waals surface area (Å²) in [6.45, 7) is -0.205. The van der Waals surface area contributed by atoms with Gasteiger partial charge in [-0.15, -0.1) is 0 Å². The van der Waals surface area contributed by atoms with Crippen molar-refractivity contribution in [3.8, 4) is 23.1 Å². The van der Waals surface area contributed by atoms with Crippen molar-refractivity contribution in [1.82, 2.24) is 0 Å². The van der Waals surface area contributed by atoms with Gasteiger partial charge in [0.2, 0.25) is 11.2 Å². The number of nitrogens with zero attached hydrogens (tertiary/aromatic N) is 1. The maximum absolute atomic E-state index is 12.5. The first-order valence-corrected chi connectivity index (χ1v) is 6.42. The van der Waals surface area contributed by atoms with E-state index in [4.69, 9.17) is 14.4 Å².